The highest BCUT2D eigenvalue weighted by molar-refractivity contribution is 5.81. The van der Waals surface area contributed by atoms with Gasteiger partial charge in [-0.1, -0.05) is 19.9 Å². The lowest BCUT2D eigenvalue weighted by molar-refractivity contribution is -0.139. The molecule has 2 fully saturated rings. The maximum Gasteiger partial charge on any atom is 0.330 e. The molecule has 0 saturated heterocycles. The van der Waals surface area contributed by atoms with Crippen molar-refractivity contribution < 1.29 is 19.1 Å². The van der Waals surface area contributed by atoms with Crippen molar-refractivity contribution in [1.82, 2.24) is 0 Å². The van der Waals surface area contributed by atoms with E-state index in [4.69, 9.17) is 9.47 Å². The van der Waals surface area contributed by atoms with Gasteiger partial charge in [0.2, 0.25) is 0 Å². The number of carbonyl (C=O) groups is 2. The van der Waals surface area contributed by atoms with Crippen molar-refractivity contribution in [3.8, 4) is 0 Å². The molecule has 21 heavy (non-hydrogen) atoms. The van der Waals surface area contributed by atoms with Crippen molar-refractivity contribution in [1.29, 1.82) is 0 Å². The normalized spacial score (nSPS) is 35.4. The summed E-state index contributed by atoms with van der Waals surface area (Å²) in [6.07, 6.45) is 7.04. The minimum absolute atomic E-state index is 0.329. The van der Waals surface area contributed by atoms with Gasteiger partial charge in [0.1, 0.15) is 0 Å². The summed E-state index contributed by atoms with van der Waals surface area (Å²) in [4.78, 5) is 21.6. The van der Waals surface area contributed by atoms with Crippen LogP contribution in [0.1, 0.15) is 39.0 Å². The second kappa shape index (κ2) is 7.62. The number of fused-ring (bicyclic) bond motifs is 2. The van der Waals surface area contributed by atoms with E-state index in [9.17, 15) is 9.59 Å². The van der Waals surface area contributed by atoms with Crippen LogP contribution in [0.15, 0.2) is 12.7 Å². The van der Waals surface area contributed by atoms with E-state index in [1.807, 2.05) is 0 Å². The van der Waals surface area contributed by atoms with Crippen LogP contribution in [0.3, 0.4) is 0 Å². The lowest BCUT2D eigenvalue weighted by atomic mass is 9.77. The van der Waals surface area contributed by atoms with Crippen LogP contribution in [0.4, 0.5) is 0 Å². The summed E-state index contributed by atoms with van der Waals surface area (Å²) in [5.74, 6) is 2.57. The first-order valence-electron chi connectivity index (χ1n) is 7.98. The SMILES string of the molecule is C=CC(=O)OCC1CCC2CC(COC=O)C(C2)C(C)C1. The highest BCUT2D eigenvalue weighted by Crippen LogP contribution is 2.47. The summed E-state index contributed by atoms with van der Waals surface area (Å²) >= 11 is 0. The van der Waals surface area contributed by atoms with Crippen molar-refractivity contribution in [3.05, 3.63) is 12.7 Å². The third-order valence-corrected chi connectivity index (χ3v) is 5.27. The van der Waals surface area contributed by atoms with E-state index in [0.29, 0.717) is 43.4 Å². The summed E-state index contributed by atoms with van der Waals surface area (Å²) < 4.78 is 10.2. The Balaban J connectivity index is 1.91. The molecular weight excluding hydrogens is 268 g/mol. The van der Waals surface area contributed by atoms with E-state index in [1.54, 1.807) is 0 Å². The molecule has 5 unspecified atom stereocenters. The van der Waals surface area contributed by atoms with Crippen LogP contribution in [0.25, 0.3) is 0 Å². The molecule has 0 aromatic carbocycles. The second-order valence-corrected chi connectivity index (χ2v) is 6.68. The number of hydrogen-bond donors (Lipinski definition) is 0. The van der Waals surface area contributed by atoms with E-state index in [1.165, 1.54) is 25.3 Å². The number of hydrogen-bond acceptors (Lipinski definition) is 4. The summed E-state index contributed by atoms with van der Waals surface area (Å²) in [6, 6.07) is 0. The van der Waals surface area contributed by atoms with Crippen molar-refractivity contribution >= 4 is 12.4 Å². The largest absolute Gasteiger partial charge is 0.468 e. The zero-order chi connectivity index (χ0) is 15.2. The van der Waals surface area contributed by atoms with Crippen LogP contribution in [-0.4, -0.2) is 25.7 Å². The molecule has 0 spiro atoms. The molecule has 2 aliphatic rings. The third-order valence-electron chi connectivity index (χ3n) is 5.27. The zero-order valence-corrected chi connectivity index (χ0v) is 12.8. The topological polar surface area (TPSA) is 52.6 Å². The van der Waals surface area contributed by atoms with Gasteiger partial charge >= 0.3 is 5.97 Å². The van der Waals surface area contributed by atoms with Gasteiger partial charge in [-0.25, -0.2) is 4.79 Å². The van der Waals surface area contributed by atoms with Gasteiger partial charge in [-0.05, 0) is 55.3 Å². The van der Waals surface area contributed by atoms with E-state index in [0.717, 1.165) is 18.8 Å². The van der Waals surface area contributed by atoms with Gasteiger partial charge in [-0.2, -0.15) is 0 Å². The maximum absolute atomic E-state index is 11.2. The number of rotatable bonds is 6. The summed E-state index contributed by atoms with van der Waals surface area (Å²) in [5, 5.41) is 0. The number of esters is 1. The van der Waals surface area contributed by atoms with E-state index < -0.39 is 0 Å². The molecule has 0 heterocycles. The third kappa shape index (κ3) is 4.32. The summed E-state index contributed by atoms with van der Waals surface area (Å²) in [5.41, 5.74) is 0. The van der Waals surface area contributed by atoms with E-state index in [-0.39, 0.29) is 5.97 Å². The Kier molecular flexibility index (Phi) is 5.83. The van der Waals surface area contributed by atoms with Crippen LogP contribution in [-0.2, 0) is 19.1 Å². The molecule has 5 atom stereocenters. The Morgan fingerprint density at radius 1 is 1.24 bits per heavy atom. The lowest BCUT2D eigenvalue weighted by Crippen LogP contribution is -2.25. The monoisotopic (exact) mass is 294 g/mol. The fraction of sp³-hybridized carbons (Fsp3) is 0.765. The predicted molar refractivity (Wildman–Crippen MR) is 79.4 cm³/mol. The van der Waals surface area contributed by atoms with Crippen LogP contribution in [0, 0.1) is 29.6 Å². The van der Waals surface area contributed by atoms with Gasteiger partial charge < -0.3 is 9.47 Å². The van der Waals surface area contributed by atoms with Gasteiger partial charge in [0.15, 0.2) is 0 Å². The first-order chi connectivity index (χ1) is 10.1. The average Bonchev–Trinajstić information content (AvgIpc) is 2.90. The minimum atomic E-state index is -0.329. The maximum atomic E-state index is 11.2. The lowest BCUT2D eigenvalue weighted by Gasteiger charge is -2.30. The van der Waals surface area contributed by atoms with Crippen LogP contribution in [0.2, 0.25) is 0 Å². The Morgan fingerprint density at radius 2 is 2.05 bits per heavy atom. The van der Waals surface area contributed by atoms with Gasteiger partial charge in [-0.3, -0.25) is 4.79 Å². The van der Waals surface area contributed by atoms with Crippen LogP contribution < -0.4 is 0 Å². The highest BCUT2D eigenvalue weighted by Gasteiger charge is 2.40. The van der Waals surface area contributed by atoms with Gasteiger partial charge in [-0.15, -0.1) is 0 Å². The molecule has 118 valence electrons. The first kappa shape index (κ1) is 16.1. The quantitative estimate of drug-likeness (QED) is 0.429. The molecule has 2 saturated carbocycles. The summed E-state index contributed by atoms with van der Waals surface area (Å²) in [7, 11) is 0. The van der Waals surface area contributed by atoms with E-state index >= 15 is 0 Å². The van der Waals surface area contributed by atoms with Crippen LogP contribution >= 0.6 is 0 Å². The summed E-state index contributed by atoms with van der Waals surface area (Å²) in [6.45, 7) is 7.34. The zero-order valence-electron chi connectivity index (χ0n) is 12.8. The molecule has 2 aliphatic carbocycles. The standard InChI is InChI=1S/C17H26O4/c1-3-17(19)21-9-14-5-4-13-7-15(10-20-11-18)16(8-13)12(2)6-14/h3,11-16H,1,4-10H2,2H3. The molecular formula is C17H26O4. The Bertz CT molecular complexity index is 379. The first-order valence-corrected chi connectivity index (χ1v) is 7.98. The van der Waals surface area contributed by atoms with E-state index in [2.05, 4.69) is 13.5 Å². The molecule has 0 amide bonds. The number of ether oxygens (including phenoxy) is 2. The fourth-order valence-electron chi connectivity index (χ4n) is 4.26. The fourth-order valence-corrected chi connectivity index (χ4v) is 4.26. The second-order valence-electron chi connectivity index (χ2n) is 6.68. The molecule has 0 N–H and O–H groups in total. The van der Waals surface area contributed by atoms with Crippen molar-refractivity contribution in [3.63, 3.8) is 0 Å². The molecule has 0 aromatic rings. The molecule has 2 bridgehead atoms. The van der Waals surface area contributed by atoms with Crippen LogP contribution in [0.5, 0.6) is 0 Å². The Hall–Kier alpha value is -1.32. The van der Waals surface area contributed by atoms with Gasteiger partial charge in [0, 0.05) is 6.08 Å². The molecule has 2 rings (SSSR count). The molecule has 0 aromatic heterocycles. The van der Waals surface area contributed by atoms with Gasteiger partial charge in [0.05, 0.1) is 13.2 Å². The predicted octanol–water partition coefficient (Wildman–Crippen LogP) is 2.97. The van der Waals surface area contributed by atoms with Crippen molar-refractivity contribution in [2.24, 2.45) is 29.6 Å². The highest BCUT2D eigenvalue weighted by atomic mass is 16.5. The van der Waals surface area contributed by atoms with Gasteiger partial charge in [0.25, 0.3) is 6.47 Å². The van der Waals surface area contributed by atoms with Crippen molar-refractivity contribution in [2.75, 3.05) is 13.2 Å². The molecule has 0 radical (unpaired) electrons. The molecule has 4 heteroatoms. The Morgan fingerprint density at radius 3 is 2.76 bits per heavy atom. The smallest absolute Gasteiger partial charge is 0.330 e. The average molecular weight is 294 g/mol. The Labute approximate surface area is 126 Å². The van der Waals surface area contributed by atoms with Crippen molar-refractivity contribution in [2.45, 2.75) is 39.0 Å². The molecule has 0 aliphatic heterocycles. The molecule has 4 nitrogen and oxygen atoms in total. The minimum Gasteiger partial charge on any atom is -0.468 e. The number of carbonyl (C=O) groups excluding carboxylic acids is 2.